The number of anilines is 2. The smallest absolute Gasteiger partial charge is 0.305 e. The van der Waals surface area contributed by atoms with Crippen LogP contribution >= 0.6 is 46.4 Å². The lowest BCUT2D eigenvalue weighted by atomic mass is 9.68. The first-order valence-electron chi connectivity index (χ1n) is 24.5. The Morgan fingerprint density at radius 2 is 1.35 bits per heavy atom. The highest BCUT2D eigenvalue weighted by atomic mass is 35.5. The van der Waals surface area contributed by atoms with E-state index in [0.717, 1.165) is 53.9 Å². The second-order valence-corrected chi connectivity index (χ2v) is 23.3. The van der Waals surface area contributed by atoms with E-state index < -0.39 is 44.7 Å². The van der Waals surface area contributed by atoms with Crippen molar-refractivity contribution in [3.05, 3.63) is 82.8 Å². The molecule has 0 saturated heterocycles. The molecule has 3 aromatic carbocycles. The molecule has 390 valence electrons. The monoisotopic (exact) mass is 1090 g/mol. The maximum Gasteiger partial charge on any atom is 0.305 e. The van der Waals surface area contributed by atoms with Crippen molar-refractivity contribution in [3.63, 3.8) is 0 Å². The van der Waals surface area contributed by atoms with Crippen LogP contribution in [0.4, 0.5) is 11.4 Å². The van der Waals surface area contributed by atoms with Crippen molar-refractivity contribution in [2.24, 2.45) is 0 Å². The molecule has 3 aromatic rings. The summed E-state index contributed by atoms with van der Waals surface area (Å²) >= 11 is 28.5. The lowest BCUT2D eigenvalue weighted by Gasteiger charge is -2.53. The molecule has 0 saturated carbocycles. The molecule has 0 bridgehead atoms. The van der Waals surface area contributed by atoms with Crippen LogP contribution in [0.25, 0.3) is 5.57 Å². The maximum atomic E-state index is 15.6. The van der Waals surface area contributed by atoms with Crippen molar-refractivity contribution in [1.29, 1.82) is 0 Å². The molecule has 0 fully saturated rings. The van der Waals surface area contributed by atoms with E-state index in [9.17, 15) is 22.6 Å². The number of fused-ring (bicyclic) bond motifs is 8. The van der Waals surface area contributed by atoms with E-state index in [1.54, 1.807) is 0 Å². The minimum Gasteiger partial charge on any atom is -0.481 e. The van der Waals surface area contributed by atoms with E-state index >= 15 is 4.79 Å². The van der Waals surface area contributed by atoms with Crippen molar-refractivity contribution < 1.29 is 56.1 Å². The number of carbonyl (C=O) groups excluding carboxylic acids is 2. The number of aliphatic carboxylic acids is 1. The van der Waals surface area contributed by atoms with Gasteiger partial charge >= 0.3 is 5.97 Å². The van der Waals surface area contributed by atoms with Gasteiger partial charge in [0.15, 0.2) is 0 Å². The summed E-state index contributed by atoms with van der Waals surface area (Å²) in [6, 6.07) is 3.91. The Balaban J connectivity index is 1.15. The van der Waals surface area contributed by atoms with E-state index in [4.69, 9.17) is 75.2 Å². The summed E-state index contributed by atoms with van der Waals surface area (Å²) < 4.78 is 65.7. The highest BCUT2D eigenvalue weighted by molar-refractivity contribution is 7.86. The number of nitrogens with zero attached hydrogens (tertiary/aromatic N) is 3. The van der Waals surface area contributed by atoms with Gasteiger partial charge in [-0.05, 0) is 95.4 Å². The molecule has 1 spiro atoms. The van der Waals surface area contributed by atoms with Gasteiger partial charge in [-0.3, -0.25) is 24.4 Å². The first-order valence-corrected chi connectivity index (χ1v) is 27.6. The summed E-state index contributed by atoms with van der Waals surface area (Å²) in [5, 5.41) is 9.53. The Hall–Kier alpha value is -3.88. The Kier molecular flexibility index (Phi) is 15.0. The van der Waals surface area contributed by atoms with Crippen LogP contribution in [0.1, 0.15) is 128 Å². The molecular weight excluding hydrogens is 1030 g/mol. The van der Waals surface area contributed by atoms with E-state index in [1.165, 1.54) is 5.01 Å². The van der Waals surface area contributed by atoms with Crippen LogP contribution in [0.3, 0.4) is 0 Å². The lowest BCUT2D eigenvalue weighted by molar-refractivity contribution is -0.138. The SMILES string of the molecule is CCC1CC(C)(C)N2CCCc3c4c(cc1c32)C1(c2cc3c5c(c2O4)CCCN5C(C)(C)C=C3CS(=O)(=O)O)c2c(Cl)c(Cl)c(Cl)c(Cl)c2C(=O)N1NC(=O)CCOCCOCCOCCOCCC(=O)O. The number of rotatable bonds is 19. The zero-order valence-electron chi connectivity index (χ0n) is 41.0. The minimum absolute atomic E-state index is 0.0364. The van der Waals surface area contributed by atoms with Gasteiger partial charge in [0.25, 0.3) is 16.0 Å². The lowest BCUT2D eigenvalue weighted by Crippen LogP contribution is -2.57. The summed E-state index contributed by atoms with van der Waals surface area (Å²) in [5.41, 5.74) is 6.86. The van der Waals surface area contributed by atoms with Gasteiger partial charge in [0.1, 0.15) is 22.8 Å². The van der Waals surface area contributed by atoms with Gasteiger partial charge in [-0.15, -0.1) is 0 Å². The zero-order chi connectivity index (χ0) is 51.7. The van der Waals surface area contributed by atoms with E-state index in [2.05, 4.69) is 42.1 Å². The number of ether oxygens (including phenoxy) is 5. The molecule has 0 aromatic heterocycles. The normalized spacial score (nSPS) is 20.9. The molecule has 2 unspecified atom stereocenters. The summed E-state index contributed by atoms with van der Waals surface area (Å²) in [6.45, 7) is 13.8. The zero-order valence-corrected chi connectivity index (χ0v) is 44.8. The van der Waals surface area contributed by atoms with Gasteiger partial charge in [-0.25, -0.2) is 5.01 Å². The van der Waals surface area contributed by atoms with Gasteiger partial charge in [0.2, 0.25) is 5.91 Å². The minimum atomic E-state index is -4.56. The van der Waals surface area contributed by atoms with Crippen LogP contribution < -0.4 is 20.0 Å². The number of halogens is 4. The van der Waals surface area contributed by atoms with Crippen LogP contribution in [0.15, 0.2) is 18.2 Å². The highest BCUT2D eigenvalue weighted by Crippen LogP contribution is 2.66. The molecule has 6 aliphatic heterocycles. The Morgan fingerprint density at radius 1 is 0.792 bits per heavy atom. The van der Waals surface area contributed by atoms with Crippen LogP contribution in [0, 0.1) is 0 Å². The van der Waals surface area contributed by atoms with E-state index in [0.29, 0.717) is 66.2 Å². The summed E-state index contributed by atoms with van der Waals surface area (Å²) in [6.07, 6.45) is 5.97. The second-order valence-electron chi connectivity index (χ2n) is 20.3. The fourth-order valence-electron chi connectivity index (χ4n) is 11.9. The van der Waals surface area contributed by atoms with Crippen molar-refractivity contribution in [1.82, 2.24) is 10.4 Å². The van der Waals surface area contributed by atoms with Gasteiger partial charge in [0.05, 0.1) is 103 Å². The number of amides is 2. The number of benzene rings is 3. The first-order chi connectivity index (χ1) is 34.1. The standard InChI is InChI=1S/C51H60Cl4N4O12S/c1-6-28-25-49(2,3)57-13-7-9-30-44(57)32(28)23-34-46(30)71-47-31-10-8-14-58-45(31)33(29(26-50(58,4)5)27-72(64,65)66)24-35(47)51(34)39-38(40(52)42(54)43(55)41(39)53)48(63)59(51)56-36(60)11-15-67-17-19-69-21-22-70-20-18-68-16-12-37(61)62/h23-24,26,28H,6-22,25,27H2,1-5H3,(H,56,60)(H,61,62)(H,64,65,66). The molecule has 2 amide bonds. The molecule has 6 heterocycles. The number of hydrogen-bond acceptors (Lipinski definition) is 12. The molecule has 0 radical (unpaired) electrons. The largest absolute Gasteiger partial charge is 0.481 e. The third-order valence-electron chi connectivity index (χ3n) is 14.9. The van der Waals surface area contributed by atoms with Gasteiger partial charge in [-0.2, -0.15) is 8.42 Å². The topological polar surface area (TPSA) is 194 Å². The average molecular weight is 1090 g/mol. The number of carboxylic acids is 1. The number of carboxylic acid groups (broad SMARTS) is 1. The second kappa shape index (κ2) is 20.3. The predicted octanol–water partition coefficient (Wildman–Crippen LogP) is 9.36. The van der Waals surface area contributed by atoms with Crippen LogP contribution in [0.2, 0.25) is 20.1 Å². The number of hydrazine groups is 1. The van der Waals surface area contributed by atoms with Crippen molar-refractivity contribution in [2.45, 2.75) is 109 Å². The fourth-order valence-corrected chi connectivity index (χ4v) is 13.6. The molecule has 21 heteroatoms. The summed E-state index contributed by atoms with van der Waals surface area (Å²) in [7, 11) is -4.56. The number of hydrogen-bond donors (Lipinski definition) is 3. The third kappa shape index (κ3) is 9.25. The van der Waals surface area contributed by atoms with Crippen LogP contribution in [-0.4, -0.2) is 124 Å². The highest BCUT2D eigenvalue weighted by Gasteiger charge is 2.62. The Labute approximate surface area is 439 Å². The molecule has 16 nitrogen and oxygen atoms in total. The third-order valence-corrected chi connectivity index (χ3v) is 17.3. The molecule has 2 atom stereocenters. The Morgan fingerprint density at radius 3 is 1.94 bits per heavy atom. The van der Waals surface area contributed by atoms with Crippen molar-refractivity contribution in [3.8, 4) is 11.5 Å². The molecular formula is C51H60Cl4N4O12S. The molecule has 0 aliphatic carbocycles. The van der Waals surface area contributed by atoms with Crippen molar-refractivity contribution in [2.75, 3.05) is 81.5 Å². The predicted molar refractivity (Wildman–Crippen MR) is 275 cm³/mol. The van der Waals surface area contributed by atoms with Crippen LogP contribution in [-0.2, 0) is 57.0 Å². The Bertz CT molecular complexity index is 2880. The average Bonchev–Trinajstić information content (AvgIpc) is 3.57. The molecule has 72 heavy (non-hydrogen) atoms. The summed E-state index contributed by atoms with van der Waals surface area (Å²) in [4.78, 5) is 45.5. The quantitative estimate of drug-likeness (QED) is 0.0445. The van der Waals surface area contributed by atoms with E-state index in [1.807, 2.05) is 26.0 Å². The van der Waals surface area contributed by atoms with E-state index in [-0.39, 0.29) is 102 Å². The number of carbonyl (C=O) groups is 3. The number of nitrogens with one attached hydrogen (secondary N) is 1. The van der Waals surface area contributed by atoms with Crippen molar-refractivity contribution >= 4 is 91.3 Å². The molecule has 9 rings (SSSR count). The van der Waals surface area contributed by atoms with Gasteiger partial charge in [-0.1, -0.05) is 59.4 Å². The first kappa shape index (κ1) is 53.0. The molecule has 6 aliphatic rings. The fraction of sp³-hybridized carbons (Fsp3) is 0.549. The van der Waals surface area contributed by atoms with Gasteiger partial charge in [0, 0.05) is 57.7 Å². The maximum absolute atomic E-state index is 15.6. The van der Waals surface area contributed by atoms with Crippen LogP contribution in [0.5, 0.6) is 11.5 Å². The molecule has 3 N–H and O–H groups in total. The van der Waals surface area contributed by atoms with Gasteiger partial charge < -0.3 is 38.6 Å². The summed E-state index contributed by atoms with van der Waals surface area (Å²) in [5.74, 6) is -1.86.